The Bertz CT molecular complexity index is 720. The maximum atomic E-state index is 12.0. The second-order valence-electron chi connectivity index (χ2n) is 6.33. The van der Waals surface area contributed by atoms with E-state index in [0.717, 1.165) is 23.8 Å². The molecule has 150 valence electrons. The molecular weight excluding hydrogens is 352 g/mol. The van der Waals surface area contributed by atoms with Crippen LogP contribution < -0.4 is 15.4 Å². The Kier molecular flexibility index (Phi) is 9.41. The van der Waals surface area contributed by atoms with Crippen molar-refractivity contribution in [2.45, 2.75) is 19.9 Å². The summed E-state index contributed by atoms with van der Waals surface area (Å²) in [5, 5.41) is 6.18. The highest BCUT2D eigenvalue weighted by molar-refractivity contribution is 5.80. The van der Waals surface area contributed by atoms with E-state index in [4.69, 9.17) is 4.74 Å². The minimum absolute atomic E-state index is 0.00137. The van der Waals surface area contributed by atoms with E-state index in [9.17, 15) is 4.79 Å². The van der Waals surface area contributed by atoms with Gasteiger partial charge in [0, 0.05) is 26.6 Å². The molecule has 0 radical (unpaired) electrons. The van der Waals surface area contributed by atoms with Gasteiger partial charge in [-0.05, 0) is 24.6 Å². The number of guanidine groups is 1. The van der Waals surface area contributed by atoms with Crippen molar-refractivity contribution in [3.8, 4) is 5.75 Å². The predicted molar refractivity (Wildman–Crippen MR) is 113 cm³/mol. The van der Waals surface area contributed by atoms with Gasteiger partial charge in [0.05, 0.1) is 13.1 Å². The van der Waals surface area contributed by atoms with Gasteiger partial charge in [-0.1, -0.05) is 48.5 Å². The number of amides is 1. The van der Waals surface area contributed by atoms with Gasteiger partial charge in [-0.15, -0.1) is 0 Å². The van der Waals surface area contributed by atoms with Crippen molar-refractivity contribution >= 4 is 11.9 Å². The van der Waals surface area contributed by atoms with Crippen molar-refractivity contribution in [1.82, 2.24) is 15.5 Å². The van der Waals surface area contributed by atoms with Crippen LogP contribution in [0.1, 0.15) is 18.9 Å². The van der Waals surface area contributed by atoms with E-state index in [1.807, 2.05) is 79.5 Å². The predicted octanol–water partition coefficient (Wildman–Crippen LogP) is 2.67. The van der Waals surface area contributed by atoms with Crippen LogP contribution in [0.25, 0.3) is 0 Å². The quantitative estimate of drug-likeness (QED) is 0.490. The molecule has 0 aliphatic rings. The number of nitrogens with one attached hydrogen (secondary N) is 2. The number of para-hydroxylation sites is 1. The molecule has 0 spiro atoms. The largest absolute Gasteiger partial charge is 0.492 e. The minimum Gasteiger partial charge on any atom is -0.492 e. The Morgan fingerprint density at radius 2 is 1.71 bits per heavy atom. The molecule has 0 fully saturated rings. The maximum Gasteiger partial charge on any atom is 0.222 e. The van der Waals surface area contributed by atoms with Crippen molar-refractivity contribution in [1.29, 1.82) is 0 Å². The molecule has 2 aromatic rings. The summed E-state index contributed by atoms with van der Waals surface area (Å²) in [6.45, 7) is 5.02. The number of carbonyl (C=O) groups excluding carboxylic acids is 1. The lowest BCUT2D eigenvalue weighted by Crippen LogP contribution is -2.41. The molecule has 1 amide bonds. The van der Waals surface area contributed by atoms with Gasteiger partial charge in [-0.25, -0.2) is 0 Å². The van der Waals surface area contributed by atoms with Crippen molar-refractivity contribution in [3.05, 3.63) is 66.2 Å². The summed E-state index contributed by atoms with van der Waals surface area (Å²) in [5.74, 6) is 1.63. The van der Waals surface area contributed by atoms with E-state index in [1.54, 1.807) is 0 Å². The van der Waals surface area contributed by atoms with Crippen molar-refractivity contribution < 1.29 is 9.53 Å². The van der Waals surface area contributed by atoms with Crippen LogP contribution in [0.4, 0.5) is 0 Å². The third-order valence-electron chi connectivity index (χ3n) is 4.07. The van der Waals surface area contributed by atoms with E-state index in [1.165, 1.54) is 0 Å². The van der Waals surface area contributed by atoms with Crippen LogP contribution in [0.2, 0.25) is 0 Å². The summed E-state index contributed by atoms with van der Waals surface area (Å²) in [4.78, 5) is 18.6. The van der Waals surface area contributed by atoms with E-state index in [2.05, 4.69) is 15.6 Å². The fraction of sp³-hybridized carbons (Fsp3) is 0.364. The van der Waals surface area contributed by atoms with Gasteiger partial charge in [-0.2, -0.15) is 0 Å². The molecule has 0 aromatic heterocycles. The molecule has 6 heteroatoms. The smallest absolute Gasteiger partial charge is 0.222 e. The molecule has 2 N–H and O–H groups in total. The van der Waals surface area contributed by atoms with Gasteiger partial charge in [0.25, 0.3) is 0 Å². The standard InChI is InChI=1S/C22H30N4O2/c1-3-23-22(26(2)16-17-28-20-12-8-5-9-13-20)24-15-14-21(27)25-18-19-10-6-4-7-11-19/h4-13H,3,14-18H2,1-2H3,(H,23,24)(H,25,27). The van der Waals surface area contributed by atoms with Gasteiger partial charge < -0.3 is 20.3 Å². The second-order valence-corrected chi connectivity index (χ2v) is 6.33. The van der Waals surface area contributed by atoms with Crippen LogP contribution in [-0.4, -0.2) is 50.1 Å². The first-order chi connectivity index (χ1) is 13.7. The van der Waals surface area contributed by atoms with Crippen LogP contribution in [0, 0.1) is 0 Å². The highest BCUT2D eigenvalue weighted by Crippen LogP contribution is 2.07. The number of likely N-dealkylation sites (N-methyl/N-ethyl adjacent to an activating group) is 1. The van der Waals surface area contributed by atoms with Crippen molar-refractivity contribution in [3.63, 3.8) is 0 Å². The van der Waals surface area contributed by atoms with E-state index in [0.29, 0.717) is 32.7 Å². The average molecular weight is 383 g/mol. The summed E-state index contributed by atoms with van der Waals surface area (Å²) < 4.78 is 5.73. The summed E-state index contributed by atoms with van der Waals surface area (Å²) >= 11 is 0. The van der Waals surface area contributed by atoms with Gasteiger partial charge >= 0.3 is 0 Å². The number of ether oxygens (including phenoxy) is 1. The monoisotopic (exact) mass is 382 g/mol. The molecule has 2 rings (SSSR count). The molecule has 0 aliphatic carbocycles. The lowest BCUT2D eigenvalue weighted by Gasteiger charge is -2.22. The zero-order chi connectivity index (χ0) is 20.0. The zero-order valence-electron chi connectivity index (χ0n) is 16.7. The number of hydrogen-bond acceptors (Lipinski definition) is 3. The average Bonchev–Trinajstić information content (AvgIpc) is 2.73. The highest BCUT2D eigenvalue weighted by atomic mass is 16.5. The lowest BCUT2D eigenvalue weighted by molar-refractivity contribution is -0.121. The number of hydrogen-bond donors (Lipinski definition) is 2. The maximum absolute atomic E-state index is 12.0. The van der Waals surface area contributed by atoms with E-state index < -0.39 is 0 Å². The first-order valence-electron chi connectivity index (χ1n) is 9.67. The minimum atomic E-state index is -0.00137. The third-order valence-corrected chi connectivity index (χ3v) is 4.07. The van der Waals surface area contributed by atoms with Crippen LogP contribution in [0.3, 0.4) is 0 Å². The van der Waals surface area contributed by atoms with Crippen molar-refractivity contribution in [2.24, 2.45) is 4.99 Å². The summed E-state index contributed by atoms with van der Waals surface area (Å²) in [7, 11) is 1.96. The molecule has 0 saturated heterocycles. The first-order valence-corrected chi connectivity index (χ1v) is 9.67. The van der Waals surface area contributed by atoms with Gasteiger partial charge in [0.1, 0.15) is 12.4 Å². The number of benzene rings is 2. The van der Waals surface area contributed by atoms with Crippen LogP contribution in [0.15, 0.2) is 65.7 Å². The van der Waals surface area contributed by atoms with Gasteiger partial charge in [-0.3, -0.25) is 9.79 Å². The second kappa shape index (κ2) is 12.4. The van der Waals surface area contributed by atoms with E-state index >= 15 is 0 Å². The first kappa shape index (κ1) is 21.3. The Morgan fingerprint density at radius 1 is 1.04 bits per heavy atom. The Morgan fingerprint density at radius 3 is 2.39 bits per heavy atom. The normalized spacial score (nSPS) is 11.0. The van der Waals surface area contributed by atoms with Gasteiger partial charge in [0.15, 0.2) is 5.96 Å². The number of carbonyl (C=O) groups is 1. The molecule has 0 heterocycles. The van der Waals surface area contributed by atoms with Gasteiger partial charge in [0.2, 0.25) is 5.91 Å². The fourth-order valence-electron chi connectivity index (χ4n) is 2.54. The number of aliphatic imine (C=N–C) groups is 1. The highest BCUT2D eigenvalue weighted by Gasteiger charge is 2.07. The lowest BCUT2D eigenvalue weighted by atomic mass is 10.2. The summed E-state index contributed by atoms with van der Waals surface area (Å²) in [6.07, 6.45) is 0.357. The zero-order valence-corrected chi connectivity index (χ0v) is 16.7. The SMILES string of the molecule is CCNC(=NCCC(=O)NCc1ccccc1)N(C)CCOc1ccccc1. The van der Waals surface area contributed by atoms with E-state index in [-0.39, 0.29) is 5.91 Å². The van der Waals surface area contributed by atoms with Crippen LogP contribution in [-0.2, 0) is 11.3 Å². The molecule has 0 aliphatic heterocycles. The Balaban J connectivity index is 1.72. The molecule has 28 heavy (non-hydrogen) atoms. The van der Waals surface area contributed by atoms with Crippen LogP contribution in [0.5, 0.6) is 5.75 Å². The molecule has 6 nitrogen and oxygen atoms in total. The molecule has 0 bridgehead atoms. The Labute approximate surface area is 167 Å². The topological polar surface area (TPSA) is 66.0 Å². The molecule has 0 saturated carbocycles. The Hall–Kier alpha value is -3.02. The molecule has 0 atom stereocenters. The summed E-state index contributed by atoms with van der Waals surface area (Å²) in [5.41, 5.74) is 1.09. The van der Waals surface area contributed by atoms with Crippen LogP contribution >= 0.6 is 0 Å². The fourth-order valence-corrected chi connectivity index (χ4v) is 2.54. The summed E-state index contributed by atoms with van der Waals surface area (Å²) in [6, 6.07) is 19.6. The van der Waals surface area contributed by atoms with Crippen molar-refractivity contribution in [2.75, 3.05) is 33.3 Å². The molecule has 0 unspecified atom stereocenters. The number of rotatable bonds is 10. The number of nitrogens with zero attached hydrogens (tertiary/aromatic N) is 2. The molecular formula is C22H30N4O2. The molecule has 2 aromatic carbocycles. The third kappa shape index (κ3) is 8.12.